The van der Waals surface area contributed by atoms with E-state index in [4.69, 9.17) is 0 Å². The summed E-state index contributed by atoms with van der Waals surface area (Å²) >= 11 is 0. The number of aliphatic carboxylic acids is 1. The number of piperidine rings is 1. The number of nitrogens with zero attached hydrogens (tertiary/aromatic N) is 1. The molecule has 0 aromatic heterocycles. The van der Waals surface area contributed by atoms with Crippen LogP contribution in [0.15, 0.2) is 48.5 Å². The van der Waals surface area contributed by atoms with Gasteiger partial charge >= 0.3 is 24.5 Å². The number of benzene rings is 2. The summed E-state index contributed by atoms with van der Waals surface area (Å²) in [5.74, 6) is -1.36. The average Bonchev–Trinajstić information content (AvgIpc) is 2.82. The Morgan fingerprint density at radius 2 is 1.38 bits per heavy atom. The molecule has 3 unspecified atom stereocenters. The van der Waals surface area contributed by atoms with Crippen LogP contribution in [-0.2, 0) is 23.6 Å². The minimum absolute atomic E-state index is 0.169. The topological polar surface area (TPSA) is 40.5 Å². The molecular formula is C27H28F9NO2. The number of likely N-dealkylation sites (tertiary alicyclic amines) is 1. The molecule has 216 valence electrons. The minimum Gasteiger partial charge on any atom is -0.481 e. The smallest absolute Gasteiger partial charge is 0.416 e. The quantitative estimate of drug-likeness (QED) is 0.309. The van der Waals surface area contributed by atoms with E-state index in [1.54, 1.807) is 4.90 Å². The summed E-state index contributed by atoms with van der Waals surface area (Å²) in [6, 6.07) is 7.36. The van der Waals surface area contributed by atoms with Crippen molar-refractivity contribution in [3.8, 4) is 0 Å². The standard InChI is InChI=1S/C27H28F9NO2/c28-25(29,30)13-11-22(10-3-17-1-6-20(7-2-17)26(31,32)33)37-14-12-18(16-24(38)39)15-23(37)19-4-8-21(9-5-19)27(34,35)36/h1-2,4-9,18,22-23H,3,10-16H2,(H,38,39). The molecule has 3 atom stereocenters. The van der Waals surface area contributed by atoms with Gasteiger partial charge in [0.1, 0.15) is 0 Å². The van der Waals surface area contributed by atoms with Gasteiger partial charge in [-0.05, 0) is 80.0 Å². The third kappa shape index (κ3) is 9.15. The normalized spacial score (nSPS) is 20.1. The molecule has 2 aromatic rings. The largest absolute Gasteiger partial charge is 0.481 e. The fourth-order valence-corrected chi connectivity index (χ4v) is 5.15. The Bertz CT molecular complexity index is 1080. The highest BCUT2D eigenvalue weighted by Gasteiger charge is 2.38. The highest BCUT2D eigenvalue weighted by molar-refractivity contribution is 5.67. The van der Waals surface area contributed by atoms with E-state index in [-0.39, 0.29) is 44.6 Å². The predicted octanol–water partition coefficient (Wildman–Crippen LogP) is 8.30. The van der Waals surface area contributed by atoms with Crippen molar-refractivity contribution in [3.05, 3.63) is 70.8 Å². The van der Waals surface area contributed by atoms with Gasteiger partial charge in [-0.1, -0.05) is 24.3 Å². The Labute approximate surface area is 219 Å². The van der Waals surface area contributed by atoms with Crippen LogP contribution in [0.1, 0.15) is 66.8 Å². The molecule has 39 heavy (non-hydrogen) atoms. The molecule has 1 fully saturated rings. The van der Waals surface area contributed by atoms with Crippen LogP contribution in [0.25, 0.3) is 0 Å². The molecule has 3 nitrogen and oxygen atoms in total. The van der Waals surface area contributed by atoms with E-state index in [2.05, 4.69) is 0 Å². The Balaban J connectivity index is 1.87. The first-order valence-electron chi connectivity index (χ1n) is 12.4. The fourth-order valence-electron chi connectivity index (χ4n) is 5.15. The maximum atomic E-state index is 13.2. The minimum atomic E-state index is -4.58. The summed E-state index contributed by atoms with van der Waals surface area (Å²) in [6.45, 7) is 0.235. The van der Waals surface area contributed by atoms with Gasteiger partial charge in [-0.15, -0.1) is 0 Å². The number of hydrogen-bond acceptors (Lipinski definition) is 2. The van der Waals surface area contributed by atoms with E-state index in [0.717, 1.165) is 24.3 Å². The van der Waals surface area contributed by atoms with Crippen molar-refractivity contribution in [1.29, 1.82) is 0 Å². The van der Waals surface area contributed by atoms with Crippen LogP contribution in [-0.4, -0.2) is 34.7 Å². The van der Waals surface area contributed by atoms with Gasteiger partial charge in [-0.3, -0.25) is 9.69 Å². The zero-order valence-electron chi connectivity index (χ0n) is 20.7. The van der Waals surface area contributed by atoms with Crippen LogP contribution in [0.4, 0.5) is 39.5 Å². The van der Waals surface area contributed by atoms with Crippen LogP contribution in [0.3, 0.4) is 0 Å². The maximum absolute atomic E-state index is 13.2. The molecule has 0 aliphatic carbocycles. The molecule has 1 N–H and O–H groups in total. The Kier molecular flexibility index (Phi) is 9.61. The highest BCUT2D eigenvalue weighted by Crippen LogP contribution is 2.40. The summed E-state index contributed by atoms with van der Waals surface area (Å²) in [6.07, 6.45) is -14.2. The van der Waals surface area contributed by atoms with E-state index in [9.17, 15) is 49.4 Å². The van der Waals surface area contributed by atoms with Crippen molar-refractivity contribution < 1.29 is 49.4 Å². The SMILES string of the molecule is O=C(O)CC1CCN(C(CCc2ccc(C(F)(F)F)cc2)CCC(F)(F)F)C(c2ccc(C(F)(F)F)cc2)C1. The molecule has 1 saturated heterocycles. The summed E-state index contributed by atoms with van der Waals surface area (Å²) in [5.41, 5.74) is -0.786. The Hall–Kier alpha value is -2.76. The second-order valence-corrected chi connectivity index (χ2v) is 9.90. The zero-order valence-corrected chi connectivity index (χ0v) is 20.7. The number of halogens is 9. The van der Waals surface area contributed by atoms with E-state index in [0.29, 0.717) is 17.5 Å². The molecule has 0 radical (unpaired) electrons. The maximum Gasteiger partial charge on any atom is 0.416 e. The predicted molar refractivity (Wildman–Crippen MR) is 125 cm³/mol. The van der Waals surface area contributed by atoms with Gasteiger partial charge in [0.15, 0.2) is 0 Å². The molecule has 1 aliphatic heterocycles. The van der Waals surface area contributed by atoms with E-state index >= 15 is 0 Å². The number of carboxylic acid groups (broad SMARTS) is 1. The van der Waals surface area contributed by atoms with Gasteiger partial charge in [0.2, 0.25) is 0 Å². The lowest BCUT2D eigenvalue weighted by molar-refractivity contribution is -0.141. The second-order valence-electron chi connectivity index (χ2n) is 9.90. The van der Waals surface area contributed by atoms with Crippen LogP contribution in [0.2, 0.25) is 0 Å². The molecule has 1 heterocycles. The van der Waals surface area contributed by atoms with E-state index < -0.39 is 54.1 Å². The summed E-state index contributed by atoms with van der Waals surface area (Å²) in [5, 5.41) is 9.24. The number of carboxylic acids is 1. The fraction of sp³-hybridized carbons (Fsp3) is 0.519. The second kappa shape index (κ2) is 12.2. The van der Waals surface area contributed by atoms with Gasteiger partial charge in [0.05, 0.1) is 11.1 Å². The summed E-state index contributed by atoms with van der Waals surface area (Å²) in [4.78, 5) is 13.1. The van der Waals surface area contributed by atoms with Crippen molar-refractivity contribution in [2.24, 2.45) is 5.92 Å². The molecule has 0 amide bonds. The zero-order chi connectivity index (χ0) is 29.0. The van der Waals surface area contributed by atoms with E-state index in [1.807, 2.05) is 0 Å². The molecule has 12 heteroatoms. The van der Waals surface area contributed by atoms with Crippen LogP contribution >= 0.6 is 0 Å². The number of rotatable bonds is 9. The Morgan fingerprint density at radius 3 is 1.87 bits per heavy atom. The first kappa shape index (κ1) is 30.8. The lowest BCUT2D eigenvalue weighted by atomic mass is 9.83. The van der Waals surface area contributed by atoms with Crippen LogP contribution in [0.5, 0.6) is 0 Å². The number of hydrogen-bond donors (Lipinski definition) is 1. The third-order valence-electron chi connectivity index (χ3n) is 7.12. The molecule has 2 aromatic carbocycles. The van der Waals surface area contributed by atoms with Crippen molar-refractivity contribution in [2.45, 2.75) is 75.6 Å². The van der Waals surface area contributed by atoms with Crippen molar-refractivity contribution in [2.75, 3.05) is 6.54 Å². The van der Waals surface area contributed by atoms with Crippen molar-refractivity contribution in [3.63, 3.8) is 0 Å². The monoisotopic (exact) mass is 569 g/mol. The average molecular weight is 570 g/mol. The first-order valence-corrected chi connectivity index (χ1v) is 12.4. The number of aryl methyl sites for hydroxylation is 1. The first-order chi connectivity index (χ1) is 18.0. The van der Waals surface area contributed by atoms with Gasteiger partial charge in [0.25, 0.3) is 0 Å². The lowest BCUT2D eigenvalue weighted by Gasteiger charge is -2.44. The Morgan fingerprint density at radius 1 is 0.846 bits per heavy atom. The summed E-state index contributed by atoms with van der Waals surface area (Å²) < 4.78 is 117. The van der Waals surface area contributed by atoms with Gasteiger partial charge in [-0.25, -0.2) is 0 Å². The summed E-state index contributed by atoms with van der Waals surface area (Å²) in [7, 11) is 0. The van der Waals surface area contributed by atoms with Crippen LogP contribution < -0.4 is 0 Å². The lowest BCUT2D eigenvalue weighted by Crippen LogP contribution is -2.44. The van der Waals surface area contributed by atoms with Crippen molar-refractivity contribution >= 4 is 5.97 Å². The van der Waals surface area contributed by atoms with Gasteiger partial charge < -0.3 is 5.11 Å². The molecule has 0 bridgehead atoms. The third-order valence-corrected chi connectivity index (χ3v) is 7.12. The van der Waals surface area contributed by atoms with E-state index in [1.165, 1.54) is 24.3 Å². The van der Waals surface area contributed by atoms with Crippen molar-refractivity contribution in [1.82, 2.24) is 4.90 Å². The van der Waals surface area contributed by atoms with Crippen LogP contribution in [0, 0.1) is 5.92 Å². The molecule has 3 rings (SSSR count). The highest BCUT2D eigenvalue weighted by atomic mass is 19.4. The molecule has 0 saturated carbocycles. The number of carbonyl (C=O) groups is 1. The number of alkyl halides is 9. The molecule has 0 spiro atoms. The van der Waals surface area contributed by atoms with Gasteiger partial charge in [0, 0.05) is 24.9 Å². The molecular weight excluding hydrogens is 541 g/mol. The van der Waals surface area contributed by atoms with Gasteiger partial charge in [-0.2, -0.15) is 39.5 Å². The molecule has 1 aliphatic rings.